The maximum atomic E-state index is 12.2. The van der Waals surface area contributed by atoms with Crippen LogP contribution in [-0.4, -0.2) is 19.0 Å². The summed E-state index contributed by atoms with van der Waals surface area (Å²) < 4.78 is 10.4. The summed E-state index contributed by atoms with van der Waals surface area (Å²) in [6, 6.07) is 23.3. The molecule has 0 spiro atoms. The van der Waals surface area contributed by atoms with E-state index in [0.717, 1.165) is 11.3 Å². The van der Waals surface area contributed by atoms with Gasteiger partial charge in [0.25, 0.3) is 5.91 Å². The van der Waals surface area contributed by atoms with Gasteiger partial charge in [0, 0.05) is 11.3 Å². The minimum atomic E-state index is -0.383. The second kappa shape index (κ2) is 8.67. The second-order valence-electron chi connectivity index (χ2n) is 5.82. The van der Waals surface area contributed by atoms with Crippen molar-refractivity contribution >= 4 is 17.6 Å². The summed E-state index contributed by atoms with van der Waals surface area (Å²) >= 11 is 0. The second-order valence-corrected chi connectivity index (χ2v) is 5.82. The summed E-state index contributed by atoms with van der Waals surface area (Å²) in [5.41, 5.74) is 2.73. The van der Waals surface area contributed by atoms with Gasteiger partial charge < -0.3 is 14.8 Å². The first-order valence-electron chi connectivity index (χ1n) is 8.42. The number of carbonyl (C=O) groups excluding carboxylic acids is 2. The highest BCUT2D eigenvalue weighted by atomic mass is 16.5. The van der Waals surface area contributed by atoms with Gasteiger partial charge in [0.2, 0.25) is 0 Å². The fourth-order valence-electron chi connectivity index (χ4n) is 2.45. The Morgan fingerprint density at radius 1 is 0.815 bits per heavy atom. The van der Waals surface area contributed by atoms with Gasteiger partial charge in [-0.1, -0.05) is 30.3 Å². The third kappa shape index (κ3) is 4.95. The number of rotatable bonds is 6. The average Bonchev–Trinajstić information content (AvgIpc) is 2.73. The zero-order valence-corrected chi connectivity index (χ0v) is 14.8. The van der Waals surface area contributed by atoms with E-state index in [-0.39, 0.29) is 11.9 Å². The quantitative estimate of drug-likeness (QED) is 0.665. The molecule has 3 aromatic carbocycles. The molecule has 0 aromatic heterocycles. The van der Waals surface area contributed by atoms with Crippen molar-refractivity contribution in [3.63, 3.8) is 0 Å². The minimum Gasteiger partial charge on any atom is -0.489 e. The number of anilines is 1. The zero-order chi connectivity index (χ0) is 19.1. The van der Waals surface area contributed by atoms with Gasteiger partial charge >= 0.3 is 5.97 Å². The first kappa shape index (κ1) is 18.2. The standard InChI is InChI=1S/C22H19NO4/c1-26-22(25)18-11-13-20(14-12-18)27-15-16-7-9-17(10-8-16)21(24)23-19-5-3-2-4-6-19/h2-14H,15H2,1H3,(H,23,24). The zero-order valence-electron chi connectivity index (χ0n) is 14.8. The van der Waals surface area contributed by atoms with Crippen molar-refractivity contribution in [3.05, 3.63) is 95.6 Å². The molecule has 1 amide bonds. The number of hydrogen-bond donors (Lipinski definition) is 1. The fourth-order valence-corrected chi connectivity index (χ4v) is 2.45. The molecular weight excluding hydrogens is 342 g/mol. The Bertz CT molecular complexity index is 903. The topological polar surface area (TPSA) is 64.6 Å². The van der Waals surface area contributed by atoms with Crippen LogP contribution in [0.15, 0.2) is 78.9 Å². The molecule has 0 aliphatic heterocycles. The van der Waals surface area contributed by atoms with Crippen LogP contribution >= 0.6 is 0 Å². The third-order valence-electron chi connectivity index (χ3n) is 3.93. The van der Waals surface area contributed by atoms with Crippen LogP contribution in [0.5, 0.6) is 5.75 Å². The van der Waals surface area contributed by atoms with Crippen LogP contribution in [0.4, 0.5) is 5.69 Å². The van der Waals surface area contributed by atoms with Crippen molar-refractivity contribution in [2.24, 2.45) is 0 Å². The summed E-state index contributed by atoms with van der Waals surface area (Å²) in [7, 11) is 1.34. The van der Waals surface area contributed by atoms with E-state index in [4.69, 9.17) is 4.74 Å². The Morgan fingerprint density at radius 3 is 2.07 bits per heavy atom. The largest absolute Gasteiger partial charge is 0.489 e. The van der Waals surface area contributed by atoms with E-state index in [1.54, 1.807) is 36.4 Å². The Balaban J connectivity index is 1.56. The van der Waals surface area contributed by atoms with Gasteiger partial charge in [-0.25, -0.2) is 4.79 Å². The van der Waals surface area contributed by atoms with Crippen LogP contribution < -0.4 is 10.1 Å². The SMILES string of the molecule is COC(=O)c1ccc(OCc2ccc(C(=O)Nc3ccccc3)cc2)cc1. The molecule has 5 nitrogen and oxygen atoms in total. The fraction of sp³-hybridized carbons (Fsp3) is 0.0909. The van der Waals surface area contributed by atoms with Gasteiger partial charge in [0.15, 0.2) is 0 Å². The van der Waals surface area contributed by atoms with Gasteiger partial charge in [-0.05, 0) is 54.1 Å². The molecule has 3 aromatic rings. The molecule has 27 heavy (non-hydrogen) atoms. The number of nitrogens with one attached hydrogen (secondary N) is 1. The number of benzene rings is 3. The van der Waals surface area contributed by atoms with E-state index in [2.05, 4.69) is 10.1 Å². The molecule has 0 saturated carbocycles. The molecule has 0 heterocycles. The predicted molar refractivity (Wildman–Crippen MR) is 103 cm³/mol. The van der Waals surface area contributed by atoms with Gasteiger partial charge in [-0.15, -0.1) is 0 Å². The number of amides is 1. The number of methoxy groups -OCH3 is 1. The van der Waals surface area contributed by atoms with Crippen LogP contribution in [0.3, 0.4) is 0 Å². The lowest BCUT2D eigenvalue weighted by atomic mass is 10.1. The maximum Gasteiger partial charge on any atom is 0.337 e. The number of carbonyl (C=O) groups is 2. The van der Waals surface area contributed by atoms with Gasteiger partial charge in [-0.2, -0.15) is 0 Å². The van der Waals surface area contributed by atoms with E-state index in [0.29, 0.717) is 23.5 Å². The Hall–Kier alpha value is -3.60. The highest BCUT2D eigenvalue weighted by Gasteiger charge is 2.07. The van der Waals surface area contributed by atoms with E-state index >= 15 is 0 Å². The summed E-state index contributed by atoms with van der Waals surface area (Å²) in [4.78, 5) is 23.6. The molecule has 1 N–H and O–H groups in total. The Labute approximate surface area is 157 Å². The third-order valence-corrected chi connectivity index (χ3v) is 3.93. The van der Waals surface area contributed by atoms with Crippen LogP contribution in [0.2, 0.25) is 0 Å². The first-order chi connectivity index (χ1) is 13.2. The maximum absolute atomic E-state index is 12.2. The molecule has 0 radical (unpaired) electrons. The molecule has 0 saturated heterocycles. The van der Waals surface area contributed by atoms with E-state index < -0.39 is 0 Å². The van der Waals surface area contributed by atoms with Crippen LogP contribution in [0, 0.1) is 0 Å². The van der Waals surface area contributed by atoms with E-state index in [1.807, 2.05) is 42.5 Å². The molecule has 0 bridgehead atoms. The molecule has 0 aliphatic rings. The number of esters is 1. The van der Waals surface area contributed by atoms with Crippen LogP contribution in [0.25, 0.3) is 0 Å². The number of para-hydroxylation sites is 1. The monoisotopic (exact) mass is 361 g/mol. The lowest BCUT2D eigenvalue weighted by Gasteiger charge is -2.08. The van der Waals surface area contributed by atoms with Gasteiger partial charge in [-0.3, -0.25) is 4.79 Å². The Kier molecular flexibility index (Phi) is 5.84. The molecule has 0 atom stereocenters. The summed E-state index contributed by atoms with van der Waals surface area (Å²) in [5.74, 6) is 0.103. The minimum absolute atomic E-state index is 0.160. The molecule has 136 valence electrons. The summed E-state index contributed by atoms with van der Waals surface area (Å²) in [5, 5.41) is 2.85. The average molecular weight is 361 g/mol. The van der Waals surface area contributed by atoms with E-state index in [9.17, 15) is 9.59 Å². The highest BCUT2D eigenvalue weighted by molar-refractivity contribution is 6.04. The smallest absolute Gasteiger partial charge is 0.337 e. The van der Waals surface area contributed by atoms with Crippen molar-refractivity contribution in [2.45, 2.75) is 6.61 Å². The lowest BCUT2D eigenvalue weighted by Crippen LogP contribution is -2.11. The summed E-state index contributed by atoms with van der Waals surface area (Å²) in [6.07, 6.45) is 0. The van der Waals surface area contributed by atoms with Crippen molar-refractivity contribution in [3.8, 4) is 5.75 Å². The highest BCUT2D eigenvalue weighted by Crippen LogP contribution is 2.16. The molecular formula is C22H19NO4. The van der Waals surface area contributed by atoms with Crippen molar-refractivity contribution in [1.29, 1.82) is 0 Å². The van der Waals surface area contributed by atoms with Crippen molar-refractivity contribution in [2.75, 3.05) is 12.4 Å². The normalized spacial score (nSPS) is 10.1. The van der Waals surface area contributed by atoms with Gasteiger partial charge in [0.1, 0.15) is 12.4 Å². The molecule has 3 rings (SSSR count). The van der Waals surface area contributed by atoms with Crippen molar-refractivity contribution in [1.82, 2.24) is 0 Å². The lowest BCUT2D eigenvalue weighted by molar-refractivity contribution is 0.0600. The van der Waals surface area contributed by atoms with Crippen LogP contribution in [0.1, 0.15) is 26.3 Å². The molecule has 0 aliphatic carbocycles. The van der Waals surface area contributed by atoms with Gasteiger partial charge in [0.05, 0.1) is 12.7 Å². The number of hydrogen-bond acceptors (Lipinski definition) is 4. The van der Waals surface area contributed by atoms with Crippen LogP contribution in [-0.2, 0) is 11.3 Å². The Morgan fingerprint density at radius 2 is 1.44 bits per heavy atom. The van der Waals surface area contributed by atoms with Crippen molar-refractivity contribution < 1.29 is 19.1 Å². The summed E-state index contributed by atoms with van der Waals surface area (Å²) in [6.45, 7) is 0.359. The predicted octanol–water partition coefficient (Wildman–Crippen LogP) is 4.30. The first-order valence-corrected chi connectivity index (χ1v) is 8.42. The number of ether oxygens (including phenoxy) is 2. The molecule has 0 fully saturated rings. The van der Waals surface area contributed by atoms with E-state index in [1.165, 1.54) is 7.11 Å². The molecule has 5 heteroatoms. The molecule has 0 unspecified atom stereocenters.